The van der Waals surface area contributed by atoms with Crippen LogP contribution in [-0.2, 0) is 25.8 Å². The molecule has 1 unspecified atom stereocenters. The summed E-state index contributed by atoms with van der Waals surface area (Å²) in [5.74, 6) is -0.582. The highest BCUT2D eigenvalue weighted by Crippen LogP contribution is 2.48. The zero-order valence-electron chi connectivity index (χ0n) is 21.5. The first-order chi connectivity index (χ1) is 18.5. The Balaban J connectivity index is 1.48. The van der Waals surface area contributed by atoms with Crippen molar-refractivity contribution in [3.63, 3.8) is 0 Å². The van der Waals surface area contributed by atoms with E-state index >= 15 is 0 Å². The van der Waals surface area contributed by atoms with E-state index in [1.807, 2.05) is 0 Å². The number of alkyl halides is 2. The maximum absolute atomic E-state index is 13.6. The first kappa shape index (κ1) is 29.6. The van der Waals surface area contributed by atoms with Crippen LogP contribution in [0.25, 0.3) is 0 Å². The molecule has 0 saturated carbocycles. The van der Waals surface area contributed by atoms with Crippen molar-refractivity contribution in [3.8, 4) is 5.75 Å². The molecule has 1 amide bonds. The Morgan fingerprint density at radius 2 is 1.62 bits per heavy atom. The summed E-state index contributed by atoms with van der Waals surface area (Å²) in [6, 6.07) is 12.4. The van der Waals surface area contributed by atoms with Gasteiger partial charge in [-0.2, -0.15) is 13.5 Å². The SMILES string of the molecule is O=C([C@H](Cc1ccc(OP(=O)(O)C(F)F)cc1)NS(=O)(=O)c1ccccc1)N1CCC(N2CCCCC2)CC1. The van der Waals surface area contributed by atoms with E-state index in [2.05, 4.69) is 14.1 Å². The molecule has 2 N–H and O–H groups in total. The molecule has 0 aliphatic carbocycles. The second kappa shape index (κ2) is 12.9. The molecule has 2 saturated heterocycles. The monoisotopic (exact) mass is 585 g/mol. The molecule has 2 fully saturated rings. The Morgan fingerprint density at radius 1 is 1.00 bits per heavy atom. The second-order valence-electron chi connectivity index (χ2n) is 9.92. The Bertz CT molecular complexity index is 1250. The quantitative estimate of drug-likeness (QED) is 0.407. The van der Waals surface area contributed by atoms with E-state index in [9.17, 15) is 31.5 Å². The van der Waals surface area contributed by atoms with Gasteiger partial charge in [0, 0.05) is 19.1 Å². The largest absolute Gasteiger partial charge is 0.442 e. The number of benzene rings is 2. The van der Waals surface area contributed by atoms with Gasteiger partial charge < -0.3 is 19.2 Å². The maximum atomic E-state index is 13.6. The lowest BCUT2D eigenvalue weighted by atomic mass is 9.98. The normalized spacial score (nSPS) is 19.9. The number of rotatable bonds is 10. The molecule has 0 spiro atoms. The average Bonchev–Trinajstić information content (AvgIpc) is 2.94. The highest BCUT2D eigenvalue weighted by molar-refractivity contribution is 7.89. The minimum atomic E-state index is -5.13. The Labute approximate surface area is 227 Å². The minimum absolute atomic E-state index is 0.0110. The molecule has 2 heterocycles. The molecule has 2 aliphatic heterocycles. The Morgan fingerprint density at radius 3 is 2.21 bits per heavy atom. The smallest absolute Gasteiger partial charge is 0.421 e. The third-order valence-corrected chi connectivity index (χ3v) is 9.63. The van der Waals surface area contributed by atoms with Crippen LogP contribution in [0.15, 0.2) is 59.5 Å². The molecular weight excluding hydrogens is 551 g/mol. The summed E-state index contributed by atoms with van der Waals surface area (Å²) in [6.45, 7) is 3.19. The molecule has 214 valence electrons. The third-order valence-electron chi connectivity index (χ3n) is 7.18. The van der Waals surface area contributed by atoms with Crippen molar-refractivity contribution in [1.82, 2.24) is 14.5 Å². The number of piperidine rings is 2. The third kappa shape index (κ3) is 7.85. The number of likely N-dealkylation sites (tertiary alicyclic amines) is 2. The van der Waals surface area contributed by atoms with E-state index in [1.54, 1.807) is 23.1 Å². The summed E-state index contributed by atoms with van der Waals surface area (Å²) in [4.78, 5) is 27.1. The zero-order valence-corrected chi connectivity index (χ0v) is 23.2. The van der Waals surface area contributed by atoms with E-state index in [0.717, 1.165) is 25.9 Å². The fourth-order valence-electron chi connectivity index (χ4n) is 5.10. The number of nitrogens with one attached hydrogen (secondary N) is 1. The number of halogens is 2. The van der Waals surface area contributed by atoms with Gasteiger partial charge in [0.15, 0.2) is 0 Å². The van der Waals surface area contributed by atoms with Crippen LogP contribution < -0.4 is 9.25 Å². The number of hydrogen-bond donors (Lipinski definition) is 2. The Hall–Kier alpha value is -2.37. The predicted octanol–water partition coefficient (Wildman–Crippen LogP) is 3.84. The van der Waals surface area contributed by atoms with Gasteiger partial charge >= 0.3 is 13.8 Å². The summed E-state index contributed by atoms with van der Waals surface area (Å²) in [5.41, 5.74) is 0.518. The fraction of sp³-hybridized carbons (Fsp3) is 0.500. The number of amides is 1. The molecule has 4 rings (SSSR count). The zero-order chi connectivity index (χ0) is 28.0. The summed E-state index contributed by atoms with van der Waals surface area (Å²) in [6.07, 6.45) is 1.70. The van der Waals surface area contributed by atoms with Crippen LogP contribution in [0.5, 0.6) is 5.75 Å². The van der Waals surface area contributed by atoms with Crippen LogP contribution in [0, 0.1) is 0 Å². The molecule has 0 radical (unpaired) electrons. The molecule has 2 aromatic rings. The van der Waals surface area contributed by atoms with Gasteiger partial charge in [-0.15, -0.1) is 0 Å². The van der Waals surface area contributed by atoms with Crippen LogP contribution in [-0.4, -0.2) is 73.4 Å². The van der Waals surface area contributed by atoms with Crippen molar-refractivity contribution in [2.24, 2.45) is 0 Å². The van der Waals surface area contributed by atoms with Crippen molar-refractivity contribution in [1.29, 1.82) is 0 Å². The van der Waals surface area contributed by atoms with Crippen molar-refractivity contribution < 1.29 is 36.0 Å². The average molecular weight is 586 g/mol. The molecule has 0 aromatic heterocycles. The van der Waals surface area contributed by atoms with Crippen molar-refractivity contribution >= 4 is 23.5 Å². The fourth-order valence-corrected chi connectivity index (χ4v) is 6.82. The van der Waals surface area contributed by atoms with Crippen LogP contribution in [0.1, 0.15) is 37.7 Å². The molecule has 0 bridgehead atoms. The van der Waals surface area contributed by atoms with Crippen LogP contribution in [0.2, 0.25) is 0 Å². The topological polar surface area (TPSA) is 116 Å². The minimum Gasteiger partial charge on any atom is -0.421 e. The maximum Gasteiger partial charge on any atom is 0.442 e. The summed E-state index contributed by atoms with van der Waals surface area (Å²) < 4.78 is 70.2. The lowest BCUT2D eigenvalue weighted by molar-refractivity contribution is -0.134. The summed E-state index contributed by atoms with van der Waals surface area (Å²) in [5, 5.41) is 0. The molecule has 9 nitrogen and oxygen atoms in total. The van der Waals surface area contributed by atoms with E-state index in [4.69, 9.17) is 0 Å². The predicted molar refractivity (Wildman–Crippen MR) is 142 cm³/mol. The molecular formula is C26H34F2N3O6PS. The van der Waals surface area contributed by atoms with Gasteiger partial charge in [-0.25, -0.2) is 13.0 Å². The van der Waals surface area contributed by atoms with Crippen molar-refractivity contribution in [3.05, 3.63) is 60.2 Å². The molecule has 2 aliphatic rings. The first-order valence-corrected chi connectivity index (χ1v) is 16.2. The van der Waals surface area contributed by atoms with Crippen molar-refractivity contribution in [2.45, 2.75) is 61.7 Å². The number of sulfonamides is 1. The molecule has 13 heteroatoms. The number of carbonyl (C=O) groups excluding carboxylic acids is 1. The van der Waals surface area contributed by atoms with Crippen molar-refractivity contribution in [2.75, 3.05) is 26.2 Å². The molecule has 2 atom stereocenters. The van der Waals surface area contributed by atoms with Crippen LogP contribution in [0.4, 0.5) is 8.78 Å². The summed E-state index contributed by atoms with van der Waals surface area (Å²) in [7, 11) is -9.15. The molecule has 39 heavy (non-hydrogen) atoms. The van der Waals surface area contributed by atoms with Crippen LogP contribution in [0.3, 0.4) is 0 Å². The van der Waals surface area contributed by atoms with Gasteiger partial charge in [0.05, 0.1) is 4.90 Å². The van der Waals surface area contributed by atoms with Gasteiger partial charge in [-0.3, -0.25) is 4.79 Å². The standard InChI is InChI=1S/C26H34F2N3O6PS/c27-26(28)38(33,34)37-22-11-9-20(10-12-22)19-24(29-39(35,36)23-7-3-1-4-8-23)25(32)31-17-13-21(14-18-31)30-15-5-2-6-16-30/h1,3-4,7-12,21,24,26,29H,2,5-6,13-19H2,(H,33,34)/t24-/m0/s1. The van der Waals surface area contributed by atoms with E-state index < -0.39 is 29.8 Å². The van der Waals surface area contributed by atoms with Gasteiger partial charge in [0.2, 0.25) is 15.9 Å². The van der Waals surface area contributed by atoms with Gasteiger partial charge in [-0.05, 0) is 75.0 Å². The van der Waals surface area contributed by atoms with Crippen LogP contribution >= 0.6 is 7.60 Å². The van der Waals surface area contributed by atoms with E-state index in [1.165, 1.54) is 55.7 Å². The summed E-state index contributed by atoms with van der Waals surface area (Å²) >= 11 is 0. The molecule has 2 aromatic carbocycles. The highest BCUT2D eigenvalue weighted by Gasteiger charge is 2.35. The Kier molecular flexibility index (Phi) is 9.77. The highest BCUT2D eigenvalue weighted by atomic mass is 32.2. The number of hydrogen-bond acceptors (Lipinski definition) is 6. The lowest BCUT2D eigenvalue weighted by Gasteiger charge is -2.41. The number of carbonyl (C=O) groups is 1. The lowest BCUT2D eigenvalue weighted by Crippen LogP contribution is -2.54. The van der Waals surface area contributed by atoms with Gasteiger partial charge in [0.25, 0.3) is 0 Å². The second-order valence-corrected chi connectivity index (χ2v) is 13.3. The van der Waals surface area contributed by atoms with Gasteiger partial charge in [-0.1, -0.05) is 36.8 Å². The van der Waals surface area contributed by atoms with Gasteiger partial charge in [0.1, 0.15) is 11.8 Å². The van der Waals surface area contributed by atoms with E-state index in [-0.39, 0.29) is 23.0 Å². The van der Waals surface area contributed by atoms with E-state index in [0.29, 0.717) is 24.7 Å². The first-order valence-electron chi connectivity index (χ1n) is 13.0. The number of nitrogens with zero attached hydrogens (tertiary/aromatic N) is 2.